The van der Waals surface area contributed by atoms with Gasteiger partial charge in [-0.1, -0.05) is 11.6 Å². The van der Waals surface area contributed by atoms with Gasteiger partial charge in [-0.25, -0.2) is 9.99 Å². The van der Waals surface area contributed by atoms with Crippen LogP contribution in [0.5, 0.6) is 5.75 Å². The summed E-state index contributed by atoms with van der Waals surface area (Å²) in [6.07, 6.45) is 3.07. The minimum Gasteiger partial charge on any atom is -0.494 e. The van der Waals surface area contributed by atoms with E-state index in [2.05, 4.69) is 10.1 Å². The Morgan fingerprint density at radius 2 is 2.16 bits per heavy atom. The first-order valence-corrected chi connectivity index (χ1v) is 9.04. The molecule has 1 fully saturated rings. The number of hydrogen-bond acceptors (Lipinski definition) is 4. The van der Waals surface area contributed by atoms with Gasteiger partial charge in [-0.15, -0.1) is 0 Å². The summed E-state index contributed by atoms with van der Waals surface area (Å²) in [5, 5.41) is 7.51. The van der Waals surface area contributed by atoms with Crippen LogP contribution in [0.25, 0.3) is 10.9 Å². The second-order valence-corrected chi connectivity index (χ2v) is 6.96. The quantitative estimate of drug-likeness (QED) is 0.764. The van der Waals surface area contributed by atoms with Crippen molar-refractivity contribution in [3.05, 3.63) is 35.0 Å². The van der Waals surface area contributed by atoms with Crippen LogP contribution in [-0.2, 0) is 4.79 Å². The van der Waals surface area contributed by atoms with E-state index in [9.17, 15) is 4.79 Å². The lowest BCUT2D eigenvalue weighted by Gasteiger charge is -2.21. The minimum absolute atomic E-state index is 0.0696. The molecule has 0 saturated heterocycles. The highest BCUT2D eigenvalue weighted by Crippen LogP contribution is 2.42. The molecule has 0 N–H and O–H groups in total. The molecule has 2 aliphatic rings. The van der Waals surface area contributed by atoms with Crippen LogP contribution in [0, 0.1) is 5.92 Å². The molecule has 1 atom stereocenters. The van der Waals surface area contributed by atoms with E-state index < -0.39 is 0 Å². The molecular weight excluding hydrogens is 338 g/mol. The zero-order valence-electron chi connectivity index (χ0n) is 14.3. The molecule has 0 spiro atoms. The number of rotatable bonds is 4. The van der Waals surface area contributed by atoms with E-state index in [0.717, 1.165) is 34.3 Å². The number of pyridine rings is 1. The van der Waals surface area contributed by atoms with Crippen molar-refractivity contribution in [1.29, 1.82) is 0 Å². The Morgan fingerprint density at radius 1 is 1.36 bits per heavy atom. The highest BCUT2D eigenvalue weighted by Gasteiger charge is 2.39. The highest BCUT2D eigenvalue weighted by molar-refractivity contribution is 6.30. The molecule has 2 aromatic rings. The monoisotopic (exact) mass is 357 g/mol. The molecule has 1 aliphatic heterocycles. The van der Waals surface area contributed by atoms with Crippen molar-refractivity contribution in [2.24, 2.45) is 11.0 Å². The molecule has 1 aromatic heterocycles. The van der Waals surface area contributed by atoms with Crippen molar-refractivity contribution >= 4 is 34.1 Å². The van der Waals surface area contributed by atoms with Gasteiger partial charge in [0.1, 0.15) is 10.9 Å². The van der Waals surface area contributed by atoms with E-state index in [0.29, 0.717) is 17.7 Å². The van der Waals surface area contributed by atoms with E-state index in [-0.39, 0.29) is 11.9 Å². The molecule has 5 nitrogen and oxygen atoms in total. The lowest BCUT2D eigenvalue weighted by Crippen LogP contribution is -2.24. The molecule has 2 heterocycles. The molecule has 0 bridgehead atoms. The van der Waals surface area contributed by atoms with Crippen molar-refractivity contribution in [2.75, 3.05) is 6.61 Å². The number of aromatic nitrogens is 1. The van der Waals surface area contributed by atoms with Gasteiger partial charge in [0.25, 0.3) is 0 Å². The summed E-state index contributed by atoms with van der Waals surface area (Å²) in [7, 11) is 0. The largest absolute Gasteiger partial charge is 0.494 e. The topological polar surface area (TPSA) is 54.8 Å². The number of carbonyl (C=O) groups is 1. The third-order valence-corrected chi connectivity index (χ3v) is 5.04. The summed E-state index contributed by atoms with van der Waals surface area (Å²) >= 11 is 6.47. The van der Waals surface area contributed by atoms with Gasteiger partial charge in [-0.05, 0) is 49.9 Å². The summed E-state index contributed by atoms with van der Waals surface area (Å²) in [6, 6.07) is 7.59. The van der Waals surface area contributed by atoms with Crippen molar-refractivity contribution in [2.45, 2.75) is 39.2 Å². The molecule has 6 heteroatoms. The SMILES string of the molecule is CCOc1ccc2nc(Cl)c([C@H]3CC(C4CC4)=NN3C(C)=O)cc2c1. The zero-order valence-corrected chi connectivity index (χ0v) is 15.1. The van der Waals surface area contributed by atoms with Gasteiger partial charge >= 0.3 is 0 Å². The Balaban J connectivity index is 1.74. The van der Waals surface area contributed by atoms with Gasteiger partial charge < -0.3 is 4.74 Å². The maximum absolute atomic E-state index is 12.1. The fraction of sp³-hybridized carbons (Fsp3) is 0.421. The van der Waals surface area contributed by atoms with Crippen LogP contribution in [-0.4, -0.2) is 28.2 Å². The van der Waals surface area contributed by atoms with Crippen molar-refractivity contribution < 1.29 is 9.53 Å². The third-order valence-electron chi connectivity index (χ3n) is 4.74. The molecule has 4 rings (SSSR count). The lowest BCUT2D eigenvalue weighted by atomic mass is 10.00. The van der Waals surface area contributed by atoms with E-state index in [4.69, 9.17) is 16.3 Å². The van der Waals surface area contributed by atoms with Crippen LogP contribution in [0.4, 0.5) is 0 Å². The maximum atomic E-state index is 12.1. The normalized spacial score (nSPS) is 20.0. The summed E-state index contributed by atoms with van der Waals surface area (Å²) in [5.74, 6) is 1.26. The summed E-state index contributed by atoms with van der Waals surface area (Å²) in [6.45, 7) is 4.11. The van der Waals surface area contributed by atoms with Gasteiger partial charge in [0.05, 0.1) is 18.2 Å². The number of fused-ring (bicyclic) bond motifs is 1. The Labute approximate surface area is 151 Å². The fourth-order valence-electron chi connectivity index (χ4n) is 3.37. The molecule has 1 saturated carbocycles. The minimum atomic E-state index is -0.173. The average molecular weight is 358 g/mol. The second kappa shape index (κ2) is 6.30. The predicted octanol–water partition coefficient (Wildman–Crippen LogP) is 4.35. The molecule has 0 unspecified atom stereocenters. The first-order chi connectivity index (χ1) is 12.1. The molecule has 1 aliphatic carbocycles. The number of hydrogen-bond donors (Lipinski definition) is 0. The Kier molecular flexibility index (Phi) is 4.12. The third kappa shape index (κ3) is 3.09. The van der Waals surface area contributed by atoms with Crippen molar-refractivity contribution in [1.82, 2.24) is 9.99 Å². The lowest BCUT2D eigenvalue weighted by molar-refractivity contribution is -0.130. The van der Waals surface area contributed by atoms with Gasteiger partial charge in [0.15, 0.2) is 0 Å². The molecule has 1 aromatic carbocycles. The molecular formula is C19H20ClN3O2. The zero-order chi connectivity index (χ0) is 17.6. The Hall–Kier alpha value is -2.14. The van der Waals surface area contributed by atoms with E-state index in [1.54, 1.807) is 11.9 Å². The van der Waals surface area contributed by atoms with Crippen LogP contribution in [0.15, 0.2) is 29.4 Å². The first kappa shape index (κ1) is 16.3. The van der Waals surface area contributed by atoms with E-state index in [1.807, 2.05) is 31.2 Å². The Morgan fingerprint density at radius 3 is 2.84 bits per heavy atom. The van der Waals surface area contributed by atoms with Crippen LogP contribution in [0.1, 0.15) is 44.7 Å². The van der Waals surface area contributed by atoms with Crippen LogP contribution in [0.3, 0.4) is 0 Å². The number of hydrazone groups is 1. The predicted molar refractivity (Wildman–Crippen MR) is 98.0 cm³/mol. The van der Waals surface area contributed by atoms with E-state index in [1.165, 1.54) is 12.8 Å². The summed E-state index contributed by atoms with van der Waals surface area (Å²) < 4.78 is 5.58. The second-order valence-electron chi connectivity index (χ2n) is 6.61. The number of benzene rings is 1. The number of carbonyl (C=O) groups excluding carboxylic acids is 1. The fourth-order valence-corrected chi connectivity index (χ4v) is 3.64. The number of ether oxygens (including phenoxy) is 1. The van der Waals surface area contributed by atoms with Gasteiger partial charge in [0, 0.05) is 30.0 Å². The maximum Gasteiger partial charge on any atom is 0.240 e. The summed E-state index contributed by atoms with van der Waals surface area (Å²) in [5.41, 5.74) is 2.77. The van der Waals surface area contributed by atoms with Gasteiger partial charge in [-0.3, -0.25) is 4.79 Å². The highest BCUT2D eigenvalue weighted by atomic mass is 35.5. The molecule has 25 heavy (non-hydrogen) atoms. The molecule has 1 amide bonds. The Bertz CT molecular complexity index is 876. The van der Waals surface area contributed by atoms with Crippen molar-refractivity contribution in [3.8, 4) is 5.75 Å². The summed E-state index contributed by atoms with van der Waals surface area (Å²) in [4.78, 5) is 16.6. The van der Waals surface area contributed by atoms with Gasteiger partial charge in [0.2, 0.25) is 5.91 Å². The average Bonchev–Trinajstić information content (AvgIpc) is 3.33. The number of halogens is 1. The molecule has 0 radical (unpaired) electrons. The van der Waals surface area contributed by atoms with E-state index >= 15 is 0 Å². The first-order valence-electron chi connectivity index (χ1n) is 8.67. The van der Waals surface area contributed by atoms with Crippen molar-refractivity contribution in [3.63, 3.8) is 0 Å². The van der Waals surface area contributed by atoms with Crippen LogP contribution in [0.2, 0.25) is 5.15 Å². The number of amides is 1. The number of nitrogens with zero attached hydrogens (tertiary/aromatic N) is 3. The van der Waals surface area contributed by atoms with Crippen LogP contribution < -0.4 is 4.74 Å². The standard InChI is InChI=1S/C19H20ClN3O2/c1-3-25-14-6-7-16-13(8-14)9-15(19(20)21-16)18-10-17(12-4-5-12)22-23(18)11(2)24/h6-9,12,18H,3-5,10H2,1-2H3/t18-/m1/s1. The molecule has 130 valence electrons. The van der Waals surface area contributed by atoms with Crippen LogP contribution >= 0.6 is 11.6 Å². The smallest absolute Gasteiger partial charge is 0.240 e. The van der Waals surface area contributed by atoms with Gasteiger partial charge in [-0.2, -0.15) is 5.10 Å².